The standard InChI is InChI=1S/C12H17F3N4/c13-12(14,15)11(5-6-16-7-11)10-17-9(18-19-10)8-3-1-2-4-8/h8,16H,1-7H2,(H,17,18,19). The van der Waals surface area contributed by atoms with Crippen LogP contribution in [0, 0.1) is 0 Å². The van der Waals surface area contributed by atoms with Gasteiger partial charge >= 0.3 is 6.18 Å². The summed E-state index contributed by atoms with van der Waals surface area (Å²) >= 11 is 0. The third-order valence-electron chi connectivity index (χ3n) is 4.37. The Morgan fingerprint density at radius 3 is 2.53 bits per heavy atom. The molecule has 0 bridgehead atoms. The average Bonchev–Trinajstić information content (AvgIpc) is 3.10. The SMILES string of the molecule is FC(F)(F)C1(c2n[nH]c(C3CCCC3)n2)CCNC1. The van der Waals surface area contributed by atoms with Crippen LogP contribution in [0.4, 0.5) is 13.2 Å². The molecule has 2 heterocycles. The van der Waals surface area contributed by atoms with Crippen molar-refractivity contribution in [1.82, 2.24) is 20.5 Å². The van der Waals surface area contributed by atoms with E-state index in [9.17, 15) is 13.2 Å². The predicted octanol–water partition coefficient (Wildman–Crippen LogP) is 2.26. The molecule has 2 fully saturated rings. The van der Waals surface area contributed by atoms with E-state index in [2.05, 4.69) is 20.5 Å². The summed E-state index contributed by atoms with van der Waals surface area (Å²) < 4.78 is 40.1. The van der Waals surface area contributed by atoms with Crippen LogP contribution in [0.3, 0.4) is 0 Å². The second-order valence-electron chi connectivity index (χ2n) is 5.53. The number of nitrogens with one attached hydrogen (secondary N) is 2. The highest BCUT2D eigenvalue weighted by molar-refractivity contribution is 5.17. The molecule has 0 aromatic carbocycles. The van der Waals surface area contributed by atoms with Crippen LogP contribution in [-0.4, -0.2) is 34.4 Å². The minimum Gasteiger partial charge on any atom is -0.315 e. The van der Waals surface area contributed by atoms with Gasteiger partial charge < -0.3 is 5.32 Å². The van der Waals surface area contributed by atoms with Gasteiger partial charge in [0.25, 0.3) is 0 Å². The third-order valence-corrected chi connectivity index (χ3v) is 4.37. The molecule has 0 radical (unpaired) electrons. The van der Waals surface area contributed by atoms with Gasteiger partial charge in [0, 0.05) is 12.5 Å². The first-order chi connectivity index (χ1) is 9.03. The van der Waals surface area contributed by atoms with Crippen molar-refractivity contribution in [1.29, 1.82) is 0 Å². The predicted molar refractivity (Wildman–Crippen MR) is 62.8 cm³/mol. The third kappa shape index (κ3) is 2.04. The van der Waals surface area contributed by atoms with Gasteiger partial charge in [0.1, 0.15) is 11.2 Å². The topological polar surface area (TPSA) is 53.6 Å². The van der Waals surface area contributed by atoms with Crippen LogP contribution in [0.2, 0.25) is 0 Å². The Morgan fingerprint density at radius 1 is 1.21 bits per heavy atom. The summed E-state index contributed by atoms with van der Waals surface area (Å²) in [4.78, 5) is 4.19. The number of aromatic nitrogens is 3. The number of rotatable bonds is 2. The van der Waals surface area contributed by atoms with Crippen molar-refractivity contribution in [3.8, 4) is 0 Å². The summed E-state index contributed by atoms with van der Waals surface area (Å²) in [6.07, 6.45) is -0.0821. The fraction of sp³-hybridized carbons (Fsp3) is 0.833. The smallest absolute Gasteiger partial charge is 0.315 e. The molecule has 1 saturated carbocycles. The molecule has 0 spiro atoms. The van der Waals surface area contributed by atoms with Gasteiger partial charge in [0.2, 0.25) is 0 Å². The molecule has 1 unspecified atom stereocenters. The number of aromatic amines is 1. The van der Waals surface area contributed by atoms with E-state index in [4.69, 9.17) is 0 Å². The highest BCUT2D eigenvalue weighted by atomic mass is 19.4. The van der Waals surface area contributed by atoms with Crippen molar-refractivity contribution in [3.05, 3.63) is 11.6 Å². The Morgan fingerprint density at radius 2 is 1.95 bits per heavy atom. The Hall–Kier alpha value is -1.11. The van der Waals surface area contributed by atoms with Gasteiger partial charge in [0.05, 0.1) is 0 Å². The first-order valence-corrected chi connectivity index (χ1v) is 6.73. The van der Waals surface area contributed by atoms with Gasteiger partial charge in [-0.2, -0.15) is 18.3 Å². The van der Waals surface area contributed by atoms with Crippen LogP contribution in [0.1, 0.15) is 49.7 Å². The molecule has 19 heavy (non-hydrogen) atoms. The molecule has 0 amide bonds. The number of nitrogens with zero attached hydrogens (tertiary/aromatic N) is 2. The first kappa shape index (κ1) is 12.9. The molecule has 1 aromatic rings. The molecule has 106 valence electrons. The lowest BCUT2D eigenvalue weighted by molar-refractivity contribution is -0.187. The van der Waals surface area contributed by atoms with Crippen molar-refractivity contribution >= 4 is 0 Å². The van der Waals surface area contributed by atoms with E-state index < -0.39 is 11.6 Å². The fourth-order valence-electron chi connectivity index (χ4n) is 3.12. The zero-order valence-corrected chi connectivity index (χ0v) is 10.6. The van der Waals surface area contributed by atoms with E-state index in [1.54, 1.807) is 0 Å². The molecule has 7 heteroatoms. The van der Waals surface area contributed by atoms with Crippen LogP contribution in [0.15, 0.2) is 0 Å². The van der Waals surface area contributed by atoms with E-state index in [-0.39, 0.29) is 24.7 Å². The molecule has 4 nitrogen and oxygen atoms in total. The van der Waals surface area contributed by atoms with E-state index in [1.165, 1.54) is 0 Å². The quantitative estimate of drug-likeness (QED) is 0.869. The van der Waals surface area contributed by atoms with Crippen LogP contribution >= 0.6 is 0 Å². The van der Waals surface area contributed by atoms with Crippen LogP contribution in [-0.2, 0) is 5.41 Å². The summed E-state index contributed by atoms with van der Waals surface area (Å²) in [5, 5.41) is 9.40. The molecule has 1 atom stereocenters. The zero-order valence-electron chi connectivity index (χ0n) is 10.6. The van der Waals surface area contributed by atoms with Crippen molar-refractivity contribution in [2.24, 2.45) is 0 Å². The maximum absolute atomic E-state index is 13.4. The van der Waals surface area contributed by atoms with Gasteiger partial charge in [-0.3, -0.25) is 5.10 Å². The van der Waals surface area contributed by atoms with Gasteiger partial charge in [-0.15, -0.1) is 0 Å². The largest absolute Gasteiger partial charge is 0.402 e. The van der Waals surface area contributed by atoms with Gasteiger partial charge in [0.15, 0.2) is 5.82 Å². The maximum atomic E-state index is 13.4. The van der Waals surface area contributed by atoms with Crippen LogP contribution < -0.4 is 5.32 Å². The second-order valence-corrected chi connectivity index (χ2v) is 5.53. The normalized spacial score (nSPS) is 29.2. The average molecular weight is 274 g/mol. The lowest BCUT2D eigenvalue weighted by Gasteiger charge is -2.27. The molecular weight excluding hydrogens is 257 g/mol. The number of hydrogen-bond acceptors (Lipinski definition) is 3. The summed E-state index contributed by atoms with van der Waals surface area (Å²) in [6, 6.07) is 0. The highest BCUT2D eigenvalue weighted by Gasteiger charge is 2.59. The Bertz CT molecular complexity index is 442. The van der Waals surface area contributed by atoms with E-state index in [0.29, 0.717) is 12.4 Å². The van der Waals surface area contributed by atoms with Crippen molar-refractivity contribution in [3.63, 3.8) is 0 Å². The Kier molecular flexibility index (Phi) is 3.03. The molecule has 2 aliphatic rings. The fourth-order valence-corrected chi connectivity index (χ4v) is 3.12. The molecule has 1 saturated heterocycles. The van der Waals surface area contributed by atoms with Gasteiger partial charge in [-0.25, -0.2) is 4.98 Å². The summed E-state index contributed by atoms with van der Waals surface area (Å²) in [5.74, 6) is 0.788. The van der Waals surface area contributed by atoms with E-state index >= 15 is 0 Å². The Balaban J connectivity index is 1.91. The molecule has 2 N–H and O–H groups in total. The molecule has 3 rings (SSSR count). The van der Waals surface area contributed by atoms with E-state index in [1.807, 2.05) is 0 Å². The van der Waals surface area contributed by atoms with Crippen molar-refractivity contribution in [2.45, 2.75) is 49.6 Å². The van der Waals surface area contributed by atoms with Crippen molar-refractivity contribution in [2.75, 3.05) is 13.1 Å². The Labute approximate surface area is 109 Å². The van der Waals surface area contributed by atoms with Crippen molar-refractivity contribution < 1.29 is 13.2 Å². The van der Waals surface area contributed by atoms with Gasteiger partial charge in [-0.1, -0.05) is 12.8 Å². The number of hydrogen-bond donors (Lipinski definition) is 2. The second kappa shape index (κ2) is 4.47. The number of halogens is 3. The van der Waals surface area contributed by atoms with E-state index in [0.717, 1.165) is 25.7 Å². The lowest BCUT2D eigenvalue weighted by Crippen LogP contribution is -2.45. The first-order valence-electron chi connectivity index (χ1n) is 6.73. The molecule has 1 aliphatic carbocycles. The number of alkyl halides is 3. The van der Waals surface area contributed by atoms with Gasteiger partial charge in [-0.05, 0) is 25.8 Å². The molecular formula is C12H17F3N4. The molecule has 1 aromatic heterocycles. The minimum atomic E-state index is -4.31. The highest BCUT2D eigenvalue weighted by Crippen LogP contribution is 2.44. The minimum absolute atomic E-state index is 0.0124. The molecule has 1 aliphatic heterocycles. The summed E-state index contributed by atoms with van der Waals surface area (Å²) in [7, 11) is 0. The van der Waals surface area contributed by atoms with Crippen LogP contribution in [0.25, 0.3) is 0 Å². The zero-order chi connectivity index (χ0) is 13.5. The number of H-pyrrole nitrogens is 1. The maximum Gasteiger partial charge on any atom is 0.402 e. The summed E-state index contributed by atoms with van der Waals surface area (Å²) in [6.45, 7) is 0.227. The summed E-state index contributed by atoms with van der Waals surface area (Å²) in [5.41, 5.74) is -1.92. The van der Waals surface area contributed by atoms with Crippen LogP contribution in [0.5, 0.6) is 0 Å². The lowest BCUT2D eigenvalue weighted by atomic mass is 9.85. The monoisotopic (exact) mass is 274 g/mol.